The Morgan fingerprint density at radius 1 is 0.571 bits per heavy atom. The van der Waals surface area contributed by atoms with Crippen LogP contribution in [0.3, 0.4) is 0 Å². The van der Waals surface area contributed by atoms with E-state index in [0.29, 0.717) is 19.3 Å². The van der Waals surface area contributed by atoms with Crippen molar-refractivity contribution < 1.29 is 52.6 Å². The van der Waals surface area contributed by atoms with E-state index >= 15 is 0 Å². The average Bonchev–Trinajstić information content (AvgIpc) is 3.18. The first-order valence-electron chi connectivity index (χ1n) is 21.9. The lowest BCUT2D eigenvalue weighted by atomic mass is 10.1. The molecular formula is C44H79O11P. The van der Waals surface area contributed by atoms with Crippen LogP contribution < -0.4 is 0 Å². The van der Waals surface area contributed by atoms with Crippen LogP contribution in [0.15, 0.2) is 36.5 Å². The summed E-state index contributed by atoms with van der Waals surface area (Å²) in [5.41, 5.74) is 0. The van der Waals surface area contributed by atoms with Gasteiger partial charge in [0, 0.05) is 19.3 Å². The van der Waals surface area contributed by atoms with Gasteiger partial charge in [-0.3, -0.25) is 23.4 Å². The molecule has 0 aliphatic carbocycles. The summed E-state index contributed by atoms with van der Waals surface area (Å²) >= 11 is 0. The molecule has 0 saturated carbocycles. The maximum Gasteiger partial charge on any atom is 0.472 e. The fraction of sp³-hybridized carbons (Fsp3) is 0.795. The lowest BCUT2D eigenvalue weighted by Gasteiger charge is -2.20. The summed E-state index contributed by atoms with van der Waals surface area (Å²) < 4.78 is 32.6. The standard InChI is InChI=1S/C44H79O11P/c1-3-5-7-8-9-10-11-12-13-14-15-16-17-20-23-26-30-34-43(48)52-38-42(39-54-56(50,51)53-37-41(47)36-45)55-44(49)35-31-27-24-21-18-19-22-25-29-33-40(46)32-28-6-4-2/h12-13,22,25,29,33,41-42,45,47H,3-11,14-21,23-24,26-28,30-32,34-39H2,1-2H3,(H,50,51)/b13-12-,25-22-,33-29+/t41-,42+/m0/s1. The van der Waals surface area contributed by atoms with Crippen molar-refractivity contribution in [2.24, 2.45) is 0 Å². The van der Waals surface area contributed by atoms with E-state index in [-0.39, 0.29) is 25.2 Å². The van der Waals surface area contributed by atoms with Crippen LogP contribution in [0.25, 0.3) is 0 Å². The van der Waals surface area contributed by atoms with Crippen molar-refractivity contribution in [3.05, 3.63) is 36.5 Å². The van der Waals surface area contributed by atoms with Crippen LogP contribution in [0.2, 0.25) is 0 Å². The largest absolute Gasteiger partial charge is 0.472 e. The number of phosphoric ester groups is 1. The molecule has 0 fully saturated rings. The quantitative estimate of drug-likeness (QED) is 0.0134. The number of carbonyl (C=O) groups is 3. The molecule has 3 N–H and O–H groups in total. The minimum absolute atomic E-state index is 0.132. The van der Waals surface area contributed by atoms with Crippen LogP contribution in [-0.2, 0) is 37.5 Å². The van der Waals surface area contributed by atoms with Crippen LogP contribution in [-0.4, -0.2) is 71.5 Å². The summed E-state index contributed by atoms with van der Waals surface area (Å²) in [5.74, 6) is -0.828. The molecule has 0 aliphatic rings. The molecule has 11 nitrogen and oxygen atoms in total. The Labute approximate surface area is 339 Å². The lowest BCUT2D eigenvalue weighted by molar-refractivity contribution is -0.161. The van der Waals surface area contributed by atoms with Gasteiger partial charge < -0.3 is 24.6 Å². The van der Waals surface area contributed by atoms with E-state index in [9.17, 15) is 28.9 Å². The van der Waals surface area contributed by atoms with Gasteiger partial charge in [-0.1, -0.05) is 141 Å². The third-order valence-electron chi connectivity index (χ3n) is 9.24. The first-order chi connectivity index (χ1) is 27.1. The fourth-order valence-corrected chi connectivity index (χ4v) is 6.58. The average molecular weight is 815 g/mol. The Bertz CT molecular complexity index is 1090. The summed E-state index contributed by atoms with van der Waals surface area (Å²) in [4.78, 5) is 46.7. The molecule has 0 amide bonds. The van der Waals surface area contributed by atoms with Crippen molar-refractivity contribution in [2.75, 3.05) is 26.4 Å². The van der Waals surface area contributed by atoms with Crippen molar-refractivity contribution in [1.82, 2.24) is 0 Å². The van der Waals surface area contributed by atoms with Gasteiger partial charge in [0.25, 0.3) is 0 Å². The van der Waals surface area contributed by atoms with Crippen molar-refractivity contribution >= 4 is 25.5 Å². The zero-order valence-electron chi connectivity index (χ0n) is 35.1. The highest BCUT2D eigenvalue weighted by molar-refractivity contribution is 7.47. The van der Waals surface area contributed by atoms with Gasteiger partial charge >= 0.3 is 19.8 Å². The summed E-state index contributed by atoms with van der Waals surface area (Å²) in [6.45, 7) is 2.16. The highest BCUT2D eigenvalue weighted by Crippen LogP contribution is 2.43. The van der Waals surface area contributed by atoms with E-state index in [0.717, 1.165) is 77.0 Å². The monoisotopic (exact) mass is 815 g/mol. The van der Waals surface area contributed by atoms with E-state index in [1.54, 1.807) is 12.2 Å². The molecule has 0 aromatic carbocycles. The number of allylic oxidation sites excluding steroid dienone is 6. The van der Waals surface area contributed by atoms with E-state index < -0.39 is 51.8 Å². The predicted octanol–water partition coefficient (Wildman–Crippen LogP) is 10.7. The van der Waals surface area contributed by atoms with Gasteiger partial charge in [-0.25, -0.2) is 4.57 Å². The number of hydrogen-bond donors (Lipinski definition) is 3. The molecule has 0 heterocycles. The highest BCUT2D eigenvalue weighted by atomic mass is 31.2. The lowest BCUT2D eigenvalue weighted by Crippen LogP contribution is -2.29. The maximum atomic E-state index is 12.6. The van der Waals surface area contributed by atoms with Crippen molar-refractivity contribution in [2.45, 2.75) is 199 Å². The van der Waals surface area contributed by atoms with Crippen LogP contribution in [0, 0.1) is 0 Å². The van der Waals surface area contributed by atoms with E-state index in [4.69, 9.17) is 19.1 Å². The second-order valence-electron chi connectivity index (χ2n) is 14.7. The second kappa shape index (κ2) is 39.7. The molecular weight excluding hydrogens is 735 g/mol. The minimum Gasteiger partial charge on any atom is -0.462 e. The number of ether oxygens (including phenoxy) is 2. The van der Waals surface area contributed by atoms with Gasteiger partial charge in [0.15, 0.2) is 11.9 Å². The van der Waals surface area contributed by atoms with E-state index in [1.165, 1.54) is 64.2 Å². The maximum absolute atomic E-state index is 12.6. The molecule has 0 aromatic heterocycles. The molecule has 0 aromatic rings. The number of aliphatic hydroxyl groups is 2. The Morgan fingerprint density at radius 3 is 1.61 bits per heavy atom. The van der Waals surface area contributed by atoms with Crippen molar-refractivity contribution in [3.63, 3.8) is 0 Å². The Morgan fingerprint density at radius 2 is 1.04 bits per heavy atom. The van der Waals surface area contributed by atoms with E-state index in [2.05, 4.69) is 30.5 Å². The van der Waals surface area contributed by atoms with Gasteiger partial charge in [-0.15, -0.1) is 0 Å². The molecule has 326 valence electrons. The molecule has 56 heavy (non-hydrogen) atoms. The number of phosphoric acid groups is 1. The Kier molecular flexibility index (Phi) is 38.2. The number of aliphatic hydroxyl groups excluding tert-OH is 2. The third-order valence-corrected chi connectivity index (χ3v) is 10.2. The molecule has 1 unspecified atom stereocenters. The van der Waals surface area contributed by atoms with E-state index in [1.807, 2.05) is 12.2 Å². The molecule has 12 heteroatoms. The van der Waals surface area contributed by atoms with Gasteiger partial charge in [0.2, 0.25) is 0 Å². The van der Waals surface area contributed by atoms with Gasteiger partial charge in [0.1, 0.15) is 12.7 Å². The second-order valence-corrected chi connectivity index (χ2v) is 16.2. The van der Waals surface area contributed by atoms with Crippen LogP contribution in [0.1, 0.15) is 187 Å². The van der Waals surface area contributed by atoms with Crippen LogP contribution in [0.5, 0.6) is 0 Å². The highest BCUT2D eigenvalue weighted by Gasteiger charge is 2.27. The number of esters is 2. The zero-order chi connectivity index (χ0) is 41.4. The molecule has 0 aliphatic heterocycles. The van der Waals surface area contributed by atoms with Gasteiger partial charge in [-0.05, 0) is 63.9 Å². The summed E-state index contributed by atoms with van der Waals surface area (Å²) in [5, 5.41) is 18.3. The number of unbranched alkanes of at least 4 members (excludes halogenated alkanes) is 20. The molecule has 0 radical (unpaired) electrons. The zero-order valence-corrected chi connectivity index (χ0v) is 36.0. The minimum atomic E-state index is -4.64. The molecule has 0 bridgehead atoms. The number of rotatable bonds is 41. The normalized spacial score (nSPS) is 14.1. The smallest absolute Gasteiger partial charge is 0.462 e. The summed E-state index contributed by atoms with van der Waals surface area (Å²) in [6, 6.07) is 0. The molecule has 3 atom stereocenters. The third kappa shape index (κ3) is 38.7. The van der Waals surface area contributed by atoms with Gasteiger partial charge in [-0.2, -0.15) is 0 Å². The summed E-state index contributed by atoms with van der Waals surface area (Å²) in [6.07, 6.45) is 36.6. The SMILES string of the molecule is CCCCCCCC/C=C\CCCCCCCCCC(=O)OC[C@H](COP(=O)(O)OC[C@@H](O)CO)OC(=O)CCCCCCC/C=C\C=C\C(=O)CCCCC. The fourth-order valence-electron chi connectivity index (χ4n) is 5.79. The molecule has 0 rings (SSSR count). The Balaban J connectivity index is 4.35. The number of ketones is 1. The number of carbonyl (C=O) groups excluding carboxylic acids is 3. The van der Waals surface area contributed by atoms with Crippen LogP contribution in [0.4, 0.5) is 0 Å². The predicted molar refractivity (Wildman–Crippen MR) is 224 cm³/mol. The first kappa shape index (κ1) is 53.9. The topological polar surface area (TPSA) is 166 Å². The van der Waals surface area contributed by atoms with Crippen molar-refractivity contribution in [1.29, 1.82) is 0 Å². The summed E-state index contributed by atoms with van der Waals surface area (Å²) in [7, 11) is -4.64. The number of hydrogen-bond acceptors (Lipinski definition) is 10. The van der Waals surface area contributed by atoms with Crippen LogP contribution >= 0.6 is 7.82 Å². The first-order valence-corrected chi connectivity index (χ1v) is 23.4. The van der Waals surface area contributed by atoms with Crippen molar-refractivity contribution in [3.8, 4) is 0 Å². The Hall–Kier alpha value is -2.14. The molecule has 0 saturated heterocycles. The molecule has 0 spiro atoms. The van der Waals surface area contributed by atoms with Gasteiger partial charge in [0.05, 0.1) is 19.8 Å².